The number of nitrogens with one attached hydrogen (secondary N) is 1. The summed E-state index contributed by atoms with van der Waals surface area (Å²) in [7, 11) is 1.59. The van der Waals surface area contributed by atoms with Gasteiger partial charge in [-0.15, -0.1) is 10.2 Å². The lowest BCUT2D eigenvalue weighted by Gasteiger charge is -2.11. The van der Waals surface area contributed by atoms with Crippen LogP contribution in [-0.2, 0) is 4.79 Å². The number of rotatable bonds is 6. The molecular weight excluding hydrogens is 342 g/mol. The monoisotopic (exact) mass is 359 g/mol. The summed E-state index contributed by atoms with van der Waals surface area (Å²) in [5.41, 5.74) is 0.684. The molecule has 0 saturated heterocycles. The quantitative estimate of drug-likeness (QED) is 0.514. The molecule has 1 atom stereocenters. The molecular formula is C16H17N5O3S. The molecule has 8 nitrogen and oxygen atoms in total. The summed E-state index contributed by atoms with van der Waals surface area (Å²) < 4.78 is 11.7. The molecule has 1 amide bonds. The number of methoxy groups -OCH3 is 1. The lowest BCUT2D eigenvalue weighted by atomic mass is 10.3. The second-order valence-electron chi connectivity index (χ2n) is 5.13. The first-order chi connectivity index (χ1) is 12.1. The van der Waals surface area contributed by atoms with E-state index in [-0.39, 0.29) is 5.91 Å². The Labute approximate surface area is 148 Å². The highest BCUT2D eigenvalue weighted by molar-refractivity contribution is 8.00. The SMILES string of the molecule is COc1ccc(NC(=O)C(C)Sc2nnc(-c3ccco3)n2N)cc1. The molecule has 0 spiro atoms. The van der Waals surface area contributed by atoms with Gasteiger partial charge in [0, 0.05) is 5.69 Å². The van der Waals surface area contributed by atoms with E-state index in [9.17, 15) is 4.79 Å². The van der Waals surface area contributed by atoms with Gasteiger partial charge in [0.2, 0.25) is 16.9 Å². The van der Waals surface area contributed by atoms with Crippen molar-refractivity contribution in [2.24, 2.45) is 0 Å². The lowest BCUT2D eigenvalue weighted by Crippen LogP contribution is -2.23. The fourth-order valence-corrected chi connectivity index (χ4v) is 2.83. The molecule has 25 heavy (non-hydrogen) atoms. The first kappa shape index (κ1) is 16.9. The van der Waals surface area contributed by atoms with Crippen molar-refractivity contribution in [1.82, 2.24) is 14.9 Å². The molecule has 0 aliphatic rings. The van der Waals surface area contributed by atoms with Crippen LogP contribution in [0.5, 0.6) is 5.75 Å². The van der Waals surface area contributed by atoms with E-state index in [0.717, 1.165) is 5.75 Å². The number of carbonyl (C=O) groups is 1. The molecule has 0 aliphatic carbocycles. The third-order valence-corrected chi connectivity index (χ3v) is 4.47. The van der Waals surface area contributed by atoms with Gasteiger partial charge >= 0.3 is 0 Å². The first-order valence-electron chi connectivity index (χ1n) is 7.44. The molecule has 2 aromatic heterocycles. The van der Waals surface area contributed by atoms with Crippen LogP contribution in [0.3, 0.4) is 0 Å². The van der Waals surface area contributed by atoms with E-state index in [1.54, 1.807) is 50.4 Å². The minimum absolute atomic E-state index is 0.169. The van der Waals surface area contributed by atoms with Crippen LogP contribution >= 0.6 is 11.8 Å². The van der Waals surface area contributed by atoms with Gasteiger partial charge in [0.05, 0.1) is 18.6 Å². The second kappa shape index (κ2) is 7.31. The van der Waals surface area contributed by atoms with Gasteiger partial charge in [0.25, 0.3) is 0 Å². The smallest absolute Gasteiger partial charge is 0.237 e. The van der Waals surface area contributed by atoms with Crippen LogP contribution in [0.25, 0.3) is 11.6 Å². The van der Waals surface area contributed by atoms with Crippen molar-refractivity contribution in [3.63, 3.8) is 0 Å². The Balaban J connectivity index is 1.65. The summed E-state index contributed by atoms with van der Waals surface area (Å²) in [6.07, 6.45) is 1.53. The van der Waals surface area contributed by atoms with Crippen LogP contribution in [0, 0.1) is 0 Å². The largest absolute Gasteiger partial charge is 0.497 e. The Morgan fingerprint density at radius 3 is 2.72 bits per heavy atom. The number of nitrogens with two attached hydrogens (primary N) is 1. The summed E-state index contributed by atoms with van der Waals surface area (Å²) in [4.78, 5) is 12.3. The van der Waals surface area contributed by atoms with E-state index < -0.39 is 5.25 Å². The number of furan rings is 1. The number of amides is 1. The van der Waals surface area contributed by atoms with Crippen LogP contribution in [0.1, 0.15) is 6.92 Å². The highest BCUT2D eigenvalue weighted by atomic mass is 32.2. The third kappa shape index (κ3) is 3.77. The van der Waals surface area contributed by atoms with Crippen molar-refractivity contribution in [2.45, 2.75) is 17.3 Å². The minimum atomic E-state index is -0.418. The van der Waals surface area contributed by atoms with E-state index in [1.807, 2.05) is 0 Å². The van der Waals surface area contributed by atoms with E-state index >= 15 is 0 Å². The third-order valence-electron chi connectivity index (χ3n) is 3.42. The van der Waals surface area contributed by atoms with Crippen molar-refractivity contribution in [3.05, 3.63) is 42.7 Å². The van der Waals surface area contributed by atoms with E-state index in [4.69, 9.17) is 15.0 Å². The van der Waals surface area contributed by atoms with Gasteiger partial charge in [0.1, 0.15) is 5.75 Å². The molecule has 3 aromatic rings. The van der Waals surface area contributed by atoms with Crippen molar-refractivity contribution in [2.75, 3.05) is 18.3 Å². The van der Waals surface area contributed by atoms with Gasteiger partial charge < -0.3 is 20.3 Å². The standard InChI is InChI=1S/C16H17N5O3S/c1-10(15(22)18-11-5-7-12(23-2)8-6-11)25-16-20-19-14(21(16)17)13-4-3-9-24-13/h3-10H,17H2,1-2H3,(H,18,22). The minimum Gasteiger partial charge on any atom is -0.497 e. The Hall–Kier alpha value is -2.94. The van der Waals surface area contributed by atoms with Crippen LogP contribution in [0.4, 0.5) is 5.69 Å². The number of aromatic nitrogens is 3. The maximum absolute atomic E-state index is 12.3. The molecule has 0 radical (unpaired) electrons. The predicted octanol–water partition coefficient (Wildman–Crippen LogP) is 2.38. The zero-order valence-corrected chi connectivity index (χ0v) is 14.5. The van der Waals surface area contributed by atoms with Gasteiger partial charge in [0.15, 0.2) is 5.76 Å². The van der Waals surface area contributed by atoms with Crippen LogP contribution < -0.4 is 15.9 Å². The fourth-order valence-electron chi connectivity index (χ4n) is 2.06. The maximum Gasteiger partial charge on any atom is 0.237 e. The average molecular weight is 359 g/mol. The number of carbonyl (C=O) groups excluding carboxylic acids is 1. The van der Waals surface area contributed by atoms with Gasteiger partial charge in [-0.3, -0.25) is 4.79 Å². The molecule has 1 aromatic carbocycles. The summed E-state index contributed by atoms with van der Waals surface area (Å²) in [5.74, 6) is 7.46. The fraction of sp³-hybridized carbons (Fsp3) is 0.188. The Morgan fingerprint density at radius 2 is 2.08 bits per heavy atom. The molecule has 3 rings (SSSR count). The molecule has 0 aliphatic heterocycles. The summed E-state index contributed by atoms with van der Waals surface area (Å²) >= 11 is 1.21. The molecule has 0 saturated carbocycles. The number of hydrogen-bond donors (Lipinski definition) is 2. The molecule has 0 bridgehead atoms. The van der Waals surface area contributed by atoms with Gasteiger partial charge in [-0.25, -0.2) is 4.68 Å². The zero-order chi connectivity index (χ0) is 17.8. The number of anilines is 1. The van der Waals surface area contributed by atoms with Gasteiger partial charge in [-0.05, 0) is 43.3 Å². The second-order valence-corrected chi connectivity index (χ2v) is 6.44. The van der Waals surface area contributed by atoms with Crippen LogP contribution in [-0.4, -0.2) is 33.1 Å². The maximum atomic E-state index is 12.3. The number of hydrogen-bond acceptors (Lipinski definition) is 7. The van der Waals surface area contributed by atoms with Crippen LogP contribution in [0.2, 0.25) is 0 Å². The number of nitrogens with zero attached hydrogens (tertiary/aromatic N) is 3. The molecule has 0 fully saturated rings. The number of thioether (sulfide) groups is 1. The average Bonchev–Trinajstić information content (AvgIpc) is 3.26. The highest BCUT2D eigenvalue weighted by Gasteiger charge is 2.20. The van der Waals surface area contributed by atoms with Crippen molar-refractivity contribution < 1.29 is 13.9 Å². The first-order valence-corrected chi connectivity index (χ1v) is 8.32. The summed E-state index contributed by atoms with van der Waals surface area (Å²) in [6, 6.07) is 10.6. The van der Waals surface area contributed by atoms with Crippen molar-refractivity contribution in [3.8, 4) is 17.3 Å². The van der Waals surface area contributed by atoms with E-state index in [2.05, 4.69) is 15.5 Å². The molecule has 9 heteroatoms. The number of benzene rings is 1. The molecule has 2 heterocycles. The Bertz CT molecular complexity index is 845. The predicted molar refractivity (Wildman–Crippen MR) is 94.8 cm³/mol. The van der Waals surface area contributed by atoms with Crippen molar-refractivity contribution in [1.29, 1.82) is 0 Å². The summed E-state index contributed by atoms with van der Waals surface area (Å²) in [5, 5.41) is 10.9. The zero-order valence-electron chi connectivity index (χ0n) is 13.7. The van der Waals surface area contributed by atoms with E-state index in [1.165, 1.54) is 22.7 Å². The molecule has 130 valence electrons. The Kier molecular flexibility index (Phi) is 4.94. The topological polar surface area (TPSA) is 108 Å². The summed E-state index contributed by atoms with van der Waals surface area (Å²) in [6.45, 7) is 1.77. The number of ether oxygens (including phenoxy) is 1. The van der Waals surface area contributed by atoms with E-state index in [0.29, 0.717) is 22.4 Å². The van der Waals surface area contributed by atoms with Gasteiger partial charge in [-0.1, -0.05) is 11.8 Å². The molecule has 3 N–H and O–H groups in total. The van der Waals surface area contributed by atoms with Crippen LogP contribution in [0.15, 0.2) is 52.2 Å². The lowest BCUT2D eigenvalue weighted by molar-refractivity contribution is -0.115. The number of nitrogen functional groups attached to an aromatic ring is 1. The van der Waals surface area contributed by atoms with Crippen molar-refractivity contribution >= 4 is 23.4 Å². The Morgan fingerprint density at radius 1 is 1.32 bits per heavy atom. The van der Waals surface area contributed by atoms with Gasteiger partial charge in [-0.2, -0.15) is 0 Å². The normalized spacial score (nSPS) is 11.9. The molecule has 1 unspecified atom stereocenters. The highest BCUT2D eigenvalue weighted by Crippen LogP contribution is 2.25.